The minimum absolute atomic E-state index is 0.0127. The average Bonchev–Trinajstić information content (AvgIpc) is 2.81. The molecule has 1 unspecified atom stereocenters. The summed E-state index contributed by atoms with van der Waals surface area (Å²) in [5.74, 6) is -1.13. The maximum Gasteiger partial charge on any atom is 0.352 e. The predicted octanol–water partition coefficient (Wildman–Crippen LogP) is 3.00. The lowest BCUT2D eigenvalue weighted by Crippen LogP contribution is -2.37. The number of hydrogen-bond acceptors (Lipinski definition) is 9. The Balaban J connectivity index is 2.47. The molecule has 0 saturated heterocycles. The fraction of sp³-hybridized carbons (Fsp3) is 0.304. The number of sulfonamides is 1. The Morgan fingerprint density at radius 2 is 1.51 bits per heavy atom. The third-order valence-electron chi connectivity index (χ3n) is 4.90. The van der Waals surface area contributed by atoms with Gasteiger partial charge in [-0.3, -0.25) is 9.52 Å². The van der Waals surface area contributed by atoms with E-state index in [1.165, 1.54) is 52.7 Å². The number of aliphatic carboxylic acids is 1. The molecule has 2 rings (SSSR count). The minimum Gasteiger partial charge on any atom is -0.496 e. The maximum absolute atomic E-state index is 12.8. The molecule has 0 fully saturated rings. The number of benzene rings is 2. The number of anilines is 1. The number of methoxy groups -OCH3 is 4. The molecule has 0 aliphatic rings. The number of nitrogens with one attached hydrogen (secondary N) is 1. The van der Waals surface area contributed by atoms with Crippen molar-refractivity contribution < 1.29 is 46.8 Å². The predicted molar refractivity (Wildman–Crippen MR) is 127 cm³/mol. The quantitative estimate of drug-likeness (QED) is 0.433. The van der Waals surface area contributed by atoms with Gasteiger partial charge in [-0.2, -0.15) is 0 Å². The van der Waals surface area contributed by atoms with Crippen molar-refractivity contribution in [2.45, 2.75) is 19.4 Å². The van der Waals surface area contributed by atoms with E-state index in [1.54, 1.807) is 12.1 Å². The highest BCUT2D eigenvalue weighted by molar-refractivity contribution is 7.95. The normalized spacial score (nSPS) is 13.0. The molecule has 0 aromatic heterocycles. The van der Waals surface area contributed by atoms with Crippen LogP contribution in [0.5, 0.6) is 23.0 Å². The van der Waals surface area contributed by atoms with E-state index in [2.05, 4.69) is 4.72 Å². The smallest absolute Gasteiger partial charge is 0.352 e. The molecular weight excluding hydrogens is 482 g/mol. The SMILES string of the molecule is COc1cc(OC)c(C=CS(=O)(=O)Nc2ccc(OC)c(C(C)(OC(C)=O)C(=O)O)c2)c(OC)c1. The van der Waals surface area contributed by atoms with Crippen LogP contribution in [0.25, 0.3) is 6.08 Å². The van der Waals surface area contributed by atoms with Crippen LogP contribution in [0.2, 0.25) is 0 Å². The molecule has 12 heteroatoms. The van der Waals surface area contributed by atoms with Gasteiger partial charge in [-0.05, 0) is 31.2 Å². The van der Waals surface area contributed by atoms with Crippen LogP contribution >= 0.6 is 0 Å². The second-order valence-electron chi connectivity index (χ2n) is 7.24. The van der Waals surface area contributed by atoms with Crippen molar-refractivity contribution in [3.8, 4) is 23.0 Å². The zero-order valence-electron chi connectivity index (χ0n) is 20.1. The molecule has 35 heavy (non-hydrogen) atoms. The average molecular weight is 510 g/mol. The topological polar surface area (TPSA) is 147 Å². The summed E-state index contributed by atoms with van der Waals surface area (Å²) in [6, 6.07) is 7.09. The molecule has 0 spiro atoms. The zero-order valence-corrected chi connectivity index (χ0v) is 20.9. The van der Waals surface area contributed by atoms with E-state index in [0.29, 0.717) is 22.8 Å². The number of carboxylic acids is 1. The van der Waals surface area contributed by atoms with E-state index < -0.39 is 27.6 Å². The Bertz CT molecular complexity index is 1210. The van der Waals surface area contributed by atoms with Gasteiger partial charge < -0.3 is 28.8 Å². The van der Waals surface area contributed by atoms with Gasteiger partial charge in [0.1, 0.15) is 23.0 Å². The molecule has 0 heterocycles. The first-order valence-electron chi connectivity index (χ1n) is 10.0. The van der Waals surface area contributed by atoms with Gasteiger partial charge in [-0.1, -0.05) is 0 Å². The Labute approximate surface area is 203 Å². The Kier molecular flexibility index (Phi) is 8.58. The van der Waals surface area contributed by atoms with Gasteiger partial charge in [0.15, 0.2) is 0 Å². The van der Waals surface area contributed by atoms with E-state index in [-0.39, 0.29) is 17.0 Å². The summed E-state index contributed by atoms with van der Waals surface area (Å²) in [7, 11) is 1.51. The summed E-state index contributed by atoms with van der Waals surface area (Å²) in [4.78, 5) is 23.5. The van der Waals surface area contributed by atoms with Crippen LogP contribution < -0.4 is 23.7 Å². The van der Waals surface area contributed by atoms with Crippen LogP contribution in [0.3, 0.4) is 0 Å². The van der Waals surface area contributed by atoms with E-state index in [9.17, 15) is 23.1 Å². The van der Waals surface area contributed by atoms with Crippen LogP contribution in [0.1, 0.15) is 25.0 Å². The number of esters is 1. The molecule has 0 bridgehead atoms. The molecule has 2 N–H and O–H groups in total. The number of hydrogen-bond donors (Lipinski definition) is 2. The van der Waals surface area contributed by atoms with Gasteiger partial charge >= 0.3 is 11.9 Å². The lowest BCUT2D eigenvalue weighted by atomic mass is 9.94. The van der Waals surface area contributed by atoms with Gasteiger partial charge in [0, 0.05) is 24.7 Å². The summed E-state index contributed by atoms with van der Waals surface area (Å²) in [6.45, 7) is 2.22. The van der Waals surface area contributed by atoms with Crippen molar-refractivity contribution in [3.63, 3.8) is 0 Å². The molecule has 0 saturated carbocycles. The summed E-state index contributed by atoms with van der Waals surface area (Å²) in [5.41, 5.74) is -1.83. The molecule has 0 aliphatic carbocycles. The summed E-state index contributed by atoms with van der Waals surface area (Å²) in [6.07, 6.45) is 1.28. The van der Waals surface area contributed by atoms with Gasteiger partial charge in [0.25, 0.3) is 10.0 Å². The Morgan fingerprint density at radius 1 is 0.943 bits per heavy atom. The third-order valence-corrected chi connectivity index (χ3v) is 5.91. The second-order valence-corrected chi connectivity index (χ2v) is 8.81. The molecule has 0 amide bonds. The fourth-order valence-corrected chi connectivity index (χ4v) is 4.04. The van der Waals surface area contributed by atoms with Gasteiger partial charge in [-0.15, -0.1) is 0 Å². The third kappa shape index (κ3) is 6.35. The Morgan fingerprint density at radius 3 is 1.97 bits per heavy atom. The molecule has 0 radical (unpaired) electrons. The number of carbonyl (C=O) groups excluding carboxylic acids is 1. The van der Waals surface area contributed by atoms with E-state index >= 15 is 0 Å². The number of carboxylic acid groups (broad SMARTS) is 1. The summed E-state index contributed by atoms with van der Waals surface area (Å²) >= 11 is 0. The largest absolute Gasteiger partial charge is 0.496 e. The number of rotatable bonds is 11. The number of ether oxygens (including phenoxy) is 5. The first-order valence-corrected chi connectivity index (χ1v) is 11.6. The molecular formula is C23H27NO10S. The summed E-state index contributed by atoms with van der Waals surface area (Å²) < 4.78 is 53.9. The van der Waals surface area contributed by atoms with Crippen LogP contribution in [0.15, 0.2) is 35.7 Å². The van der Waals surface area contributed by atoms with E-state index in [0.717, 1.165) is 19.3 Å². The first-order chi connectivity index (χ1) is 16.4. The van der Waals surface area contributed by atoms with Crippen molar-refractivity contribution in [1.82, 2.24) is 0 Å². The summed E-state index contributed by atoms with van der Waals surface area (Å²) in [5, 5.41) is 10.6. The van der Waals surface area contributed by atoms with Crippen molar-refractivity contribution in [1.29, 1.82) is 0 Å². The minimum atomic E-state index is -4.09. The molecule has 1 atom stereocenters. The molecule has 11 nitrogen and oxygen atoms in total. The lowest BCUT2D eigenvalue weighted by molar-refractivity contribution is -0.176. The van der Waals surface area contributed by atoms with Crippen LogP contribution in [-0.4, -0.2) is 53.9 Å². The van der Waals surface area contributed by atoms with Crippen LogP contribution in [0.4, 0.5) is 5.69 Å². The Hall–Kier alpha value is -3.93. The van der Waals surface area contributed by atoms with Crippen molar-refractivity contribution in [3.05, 3.63) is 46.9 Å². The molecule has 0 aliphatic heterocycles. The van der Waals surface area contributed by atoms with Crippen LogP contribution in [0, 0.1) is 0 Å². The number of carbonyl (C=O) groups is 2. The lowest BCUT2D eigenvalue weighted by Gasteiger charge is -2.27. The maximum atomic E-state index is 12.8. The van der Waals surface area contributed by atoms with Crippen molar-refractivity contribution >= 4 is 33.7 Å². The highest BCUT2D eigenvalue weighted by Crippen LogP contribution is 2.37. The highest BCUT2D eigenvalue weighted by atomic mass is 32.2. The molecule has 2 aromatic rings. The fourth-order valence-electron chi connectivity index (χ4n) is 3.20. The standard InChI is InChI=1S/C23H27NO10S/c1-14(25)34-23(2,22(26)27)18-11-15(7-8-19(18)31-4)24-35(28,29)10-9-17-20(32-5)12-16(30-3)13-21(17)33-6/h7-13,24H,1-6H3,(H,26,27). The van der Waals surface area contributed by atoms with Crippen molar-refractivity contribution in [2.24, 2.45) is 0 Å². The second kappa shape index (κ2) is 11.0. The highest BCUT2D eigenvalue weighted by Gasteiger charge is 2.41. The van der Waals surface area contributed by atoms with E-state index in [1.807, 2.05) is 0 Å². The first kappa shape index (κ1) is 27.3. The molecule has 2 aromatic carbocycles. The van der Waals surface area contributed by atoms with Gasteiger partial charge in [-0.25, -0.2) is 13.2 Å². The van der Waals surface area contributed by atoms with Crippen LogP contribution in [-0.2, 0) is 30.0 Å². The molecule has 190 valence electrons. The van der Waals surface area contributed by atoms with Gasteiger partial charge in [0.05, 0.1) is 45.0 Å². The zero-order chi connectivity index (χ0) is 26.4. The van der Waals surface area contributed by atoms with Gasteiger partial charge in [0.2, 0.25) is 5.60 Å². The monoisotopic (exact) mass is 509 g/mol. The van der Waals surface area contributed by atoms with Crippen molar-refractivity contribution in [2.75, 3.05) is 33.2 Å². The van der Waals surface area contributed by atoms with E-state index in [4.69, 9.17) is 23.7 Å².